The molecule has 9 heteroatoms. The summed E-state index contributed by atoms with van der Waals surface area (Å²) >= 11 is 1.14. The third-order valence-electron chi connectivity index (χ3n) is 3.22. The zero-order valence-electron chi connectivity index (χ0n) is 14.3. The first kappa shape index (κ1) is 19.4. The highest BCUT2D eigenvalue weighted by Crippen LogP contribution is 2.22. The van der Waals surface area contributed by atoms with E-state index < -0.39 is 24.5 Å². The maximum absolute atomic E-state index is 11.9. The predicted octanol–water partition coefficient (Wildman–Crippen LogP) is 2.06. The lowest BCUT2D eigenvalue weighted by molar-refractivity contribution is -0.142. The number of benzene rings is 1. The molecule has 0 saturated carbocycles. The average molecular weight is 378 g/mol. The van der Waals surface area contributed by atoms with E-state index in [9.17, 15) is 19.5 Å². The van der Waals surface area contributed by atoms with E-state index in [1.807, 2.05) is 0 Å². The normalized spacial score (nSPS) is 10.2. The molecule has 0 aliphatic rings. The van der Waals surface area contributed by atoms with E-state index in [0.717, 1.165) is 11.3 Å². The standard InChI is InChI=1S/C17H18N2O6S/c1-3-24-14(21)7-11-9-26-17(18-11)19-13(20)8-25-16(23)12-6-4-5-10(2)15(12)22/h4-6,9,22H,3,7-8H2,1-2H3,(H,18,19,20). The Bertz CT molecular complexity index is 817. The van der Waals surface area contributed by atoms with E-state index in [4.69, 9.17) is 9.47 Å². The molecule has 26 heavy (non-hydrogen) atoms. The lowest BCUT2D eigenvalue weighted by Gasteiger charge is -2.07. The third kappa shape index (κ3) is 5.28. The van der Waals surface area contributed by atoms with Crippen LogP contribution in [0.3, 0.4) is 0 Å². The van der Waals surface area contributed by atoms with Crippen molar-refractivity contribution in [2.75, 3.05) is 18.5 Å². The van der Waals surface area contributed by atoms with E-state index >= 15 is 0 Å². The number of phenolic OH excluding ortho intramolecular Hbond substituents is 1. The van der Waals surface area contributed by atoms with Crippen molar-refractivity contribution in [1.82, 2.24) is 4.98 Å². The molecule has 0 saturated heterocycles. The van der Waals surface area contributed by atoms with Gasteiger partial charge in [-0.25, -0.2) is 9.78 Å². The van der Waals surface area contributed by atoms with E-state index in [1.54, 1.807) is 31.4 Å². The molecule has 138 valence electrons. The maximum atomic E-state index is 11.9. The van der Waals surface area contributed by atoms with Crippen molar-refractivity contribution in [2.45, 2.75) is 20.3 Å². The molecular formula is C17H18N2O6S. The highest BCUT2D eigenvalue weighted by molar-refractivity contribution is 7.13. The van der Waals surface area contributed by atoms with Crippen molar-refractivity contribution < 1.29 is 29.0 Å². The lowest BCUT2D eigenvalue weighted by atomic mass is 10.1. The van der Waals surface area contributed by atoms with Crippen LogP contribution < -0.4 is 5.32 Å². The number of hydrogen-bond donors (Lipinski definition) is 2. The number of aromatic nitrogens is 1. The Hall–Kier alpha value is -2.94. The number of ether oxygens (including phenoxy) is 2. The number of carbonyl (C=O) groups excluding carboxylic acids is 3. The van der Waals surface area contributed by atoms with Crippen molar-refractivity contribution in [1.29, 1.82) is 0 Å². The number of hydrogen-bond acceptors (Lipinski definition) is 8. The average Bonchev–Trinajstić information content (AvgIpc) is 3.02. The first-order valence-electron chi connectivity index (χ1n) is 7.76. The number of rotatable bonds is 7. The van der Waals surface area contributed by atoms with Gasteiger partial charge in [0.25, 0.3) is 5.91 Å². The topological polar surface area (TPSA) is 115 Å². The van der Waals surface area contributed by atoms with Gasteiger partial charge in [-0.1, -0.05) is 12.1 Å². The summed E-state index contributed by atoms with van der Waals surface area (Å²) < 4.78 is 9.71. The quantitative estimate of drug-likeness (QED) is 0.709. The Kier molecular flexibility index (Phi) is 6.67. The number of aryl methyl sites for hydroxylation is 1. The molecule has 0 spiro atoms. The molecule has 1 heterocycles. The number of nitrogens with zero attached hydrogens (tertiary/aromatic N) is 1. The molecule has 0 unspecified atom stereocenters. The zero-order chi connectivity index (χ0) is 19.1. The second-order valence-corrected chi connectivity index (χ2v) is 6.08. The molecule has 1 amide bonds. The molecule has 0 atom stereocenters. The largest absolute Gasteiger partial charge is 0.507 e. The number of aromatic hydroxyl groups is 1. The van der Waals surface area contributed by atoms with Crippen LogP contribution in [0.25, 0.3) is 0 Å². The summed E-state index contributed by atoms with van der Waals surface area (Å²) in [4.78, 5) is 39.3. The van der Waals surface area contributed by atoms with Crippen LogP contribution in [-0.4, -0.2) is 41.2 Å². The Morgan fingerprint density at radius 3 is 2.77 bits per heavy atom. The fourth-order valence-electron chi connectivity index (χ4n) is 1.99. The van der Waals surface area contributed by atoms with Gasteiger partial charge in [0.2, 0.25) is 0 Å². The zero-order valence-corrected chi connectivity index (χ0v) is 15.1. The summed E-state index contributed by atoms with van der Waals surface area (Å²) in [6, 6.07) is 4.66. The molecule has 1 aromatic carbocycles. The van der Waals surface area contributed by atoms with Crippen LogP contribution in [0.1, 0.15) is 28.5 Å². The Labute approximate surface area is 153 Å². The number of amides is 1. The molecule has 2 rings (SSSR count). The molecule has 2 N–H and O–H groups in total. The molecule has 0 fully saturated rings. The van der Waals surface area contributed by atoms with Gasteiger partial charge in [0.05, 0.1) is 18.7 Å². The SMILES string of the molecule is CCOC(=O)Cc1csc(NC(=O)COC(=O)c2cccc(C)c2O)n1. The number of esters is 2. The molecule has 0 radical (unpaired) electrons. The van der Waals surface area contributed by atoms with Crippen LogP contribution in [0.15, 0.2) is 23.6 Å². The molecule has 8 nitrogen and oxygen atoms in total. The van der Waals surface area contributed by atoms with Gasteiger partial charge in [0, 0.05) is 5.38 Å². The Morgan fingerprint density at radius 2 is 2.04 bits per heavy atom. The van der Waals surface area contributed by atoms with Gasteiger partial charge < -0.3 is 14.6 Å². The monoisotopic (exact) mass is 378 g/mol. The Morgan fingerprint density at radius 1 is 1.27 bits per heavy atom. The third-order valence-corrected chi connectivity index (χ3v) is 4.03. The van der Waals surface area contributed by atoms with E-state index in [0.29, 0.717) is 11.3 Å². The second-order valence-electron chi connectivity index (χ2n) is 5.22. The number of nitrogens with one attached hydrogen (secondary N) is 1. The first-order chi connectivity index (χ1) is 12.4. The summed E-state index contributed by atoms with van der Waals surface area (Å²) in [6.45, 7) is 3.12. The first-order valence-corrected chi connectivity index (χ1v) is 8.64. The number of carbonyl (C=O) groups is 3. The highest BCUT2D eigenvalue weighted by Gasteiger charge is 2.16. The van der Waals surface area contributed by atoms with Gasteiger partial charge >= 0.3 is 11.9 Å². The minimum absolute atomic E-state index is 0.0104. The van der Waals surface area contributed by atoms with Crippen LogP contribution >= 0.6 is 11.3 Å². The summed E-state index contributed by atoms with van der Waals surface area (Å²) in [5, 5.41) is 14.2. The number of phenols is 1. The fourth-order valence-corrected chi connectivity index (χ4v) is 2.72. The molecule has 0 bridgehead atoms. The summed E-state index contributed by atoms with van der Waals surface area (Å²) in [6.07, 6.45) is 0.0157. The highest BCUT2D eigenvalue weighted by atomic mass is 32.1. The molecule has 0 aliphatic heterocycles. The fraction of sp³-hybridized carbons (Fsp3) is 0.294. The van der Waals surface area contributed by atoms with Crippen molar-refractivity contribution in [3.05, 3.63) is 40.4 Å². The molecule has 1 aromatic heterocycles. The van der Waals surface area contributed by atoms with Crippen LogP contribution in [-0.2, 0) is 25.5 Å². The van der Waals surface area contributed by atoms with Gasteiger partial charge in [0.15, 0.2) is 11.7 Å². The van der Waals surface area contributed by atoms with Gasteiger partial charge in [-0.05, 0) is 25.5 Å². The molecular weight excluding hydrogens is 360 g/mol. The van der Waals surface area contributed by atoms with Crippen molar-refractivity contribution in [3.63, 3.8) is 0 Å². The summed E-state index contributed by atoms with van der Waals surface area (Å²) in [5.74, 6) is -1.96. The predicted molar refractivity (Wildman–Crippen MR) is 94.2 cm³/mol. The number of para-hydroxylation sites is 1. The van der Waals surface area contributed by atoms with E-state index in [1.165, 1.54) is 6.07 Å². The minimum Gasteiger partial charge on any atom is -0.507 e. The summed E-state index contributed by atoms with van der Waals surface area (Å²) in [7, 11) is 0. The minimum atomic E-state index is -0.802. The van der Waals surface area contributed by atoms with Crippen LogP contribution in [0.5, 0.6) is 5.75 Å². The van der Waals surface area contributed by atoms with Crippen molar-refractivity contribution >= 4 is 34.3 Å². The van der Waals surface area contributed by atoms with E-state index in [2.05, 4.69) is 10.3 Å². The lowest BCUT2D eigenvalue weighted by Crippen LogP contribution is -2.21. The summed E-state index contributed by atoms with van der Waals surface area (Å²) in [5.41, 5.74) is 0.995. The molecule has 2 aromatic rings. The van der Waals surface area contributed by atoms with Crippen LogP contribution in [0.4, 0.5) is 5.13 Å². The Balaban J connectivity index is 1.85. The van der Waals surface area contributed by atoms with E-state index in [-0.39, 0.29) is 29.5 Å². The number of thiazole rings is 1. The van der Waals surface area contributed by atoms with Gasteiger partial charge in [-0.3, -0.25) is 14.9 Å². The van der Waals surface area contributed by atoms with Crippen LogP contribution in [0, 0.1) is 6.92 Å². The molecule has 0 aliphatic carbocycles. The van der Waals surface area contributed by atoms with Crippen LogP contribution in [0.2, 0.25) is 0 Å². The second kappa shape index (κ2) is 8.95. The maximum Gasteiger partial charge on any atom is 0.342 e. The smallest absolute Gasteiger partial charge is 0.342 e. The van der Waals surface area contributed by atoms with Gasteiger partial charge in [-0.2, -0.15) is 0 Å². The van der Waals surface area contributed by atoms with Gasteiger partial charge in [0.1, 0.15) is 11.3 Å². The van der Waals surface area contributed by atoms with Crippen molar-refractivity contribution in [2.24, 2.45) is 0 Å². The van der Waals surface area contributed by atoms with Gasteiger partial charge in [-0.15, -0.1) is 11.3 Å². The van der Waals surface area contributed by atoms with Crippen molar-refractivity contribution in [3.8, 4) is 5.75 Å². The number of anilines is 1.